The summed E-state index contributed by atoms with van der Waals surface area (Å²) >= 11 is 6.12. The molecule has 0 aliphatic carbocycles. The number of pyridine rings is 1. The Kier molecular flexibility index (Phi) is 5.89. The second-order valence-electron chi connectivity index (χ2n) is 6.33. The molecule has 1 aromatic heterocycles. The van der Waals surface area contributed by atoms with E-state index in [2.05, 4.69) is 27.1 Å². The van der Waals surface area contributed by atoms with Crippen molar-refractivity contribution < 1.29 is 4.79 Å². The van der Waals surface area contributed by atoms with Crippen LogP contribution in [-0.4, -0.2) is 49.0 Å². The van der Waals surface area contributed by atoms with Crippen molar-refractivity contribution in [2.75, 3.05) is 43.4 Å². The molecule has 0 atom stereocenters. The highest BCUT2D eigenvalue weighted by molar-refractivity contribution is 6.31. The summed E-state index contributed by atoms with van der Waals surface area (Å²) in [4.78, 5) is 21.2. The van der Waals surface area contributed by atoms with Gasteiger partial charge in [0, 0.05) is 37.6 Å². The molecule has 132 valence electrons. The van der Waals surface area contributed by atoms with E-state index >= 15 is 0 Å². The third-order valence-electron chi connectivity index (χ3n) is 4.44. The highest BCUT2D eigenvalue weighted by Crippen LogP contribution is 2.18. The molecule has 1 fully saturated rings. The van der Waals surface area contributed by atoms with Crippen LogP contribution in [0.3, 0.4) is 0 Å². The zero-order valence-electron chi connectivity index (χ0n) is 14.4. The molecule has 6 heteroatoms. The number of likely N-dealkylation sites (N-methyl/N-ethyl adjacent to an activating group) is 1. The molecule has 1 N–H and O–H groups in total. The van der Waals surface area contributed by atoms with Gasteiger partial charge >= 0.3 is 0 Å². The average Bonchev–Trinajstić information content (AvgIpc) is 2.62. The minimum atomic E-state index is -0.0333. The van der Waals surface area contributed by atoms with Crippen molar-refractivity contribution in [3.8, 4) is 0 Å². The monoisotopic (exact) mass is 358 g/mol. The van der Waals surface area contributed by atoms with Gasteiger partial charge in [-0.05, 0) is 37.2 Å². The first kappa shape index (κ1) is 17.7. The van der Waals surface area contributed by atoms with Crippen molar-refractivity contribution in [2.45, 2.75) is 12.8 Å². The molecule has 5 nitrogen and oxygen atoms in total. The molecule has 0 bridgehead atoms. The molecule has 2 aromatic rings. The molecule has 1 aromatic carbocycles. The van der Waals surface area contributed by atoms with Crippen LogP contribution in [0.1, 0.15) is 12.0 Å². The van der Waals surface area contributed by atoms with Crippen molar-refractivity contribution in [3.63, 3.8) is 0 Å². The summed E-state index contributed by atoms with van der Waals surface area (Å²) in [6, 6.07) is 11.5. The SMILES string of the molecule is CN1CCN(c2ccc(NC(=O)CCc3ccccc3Cl)cn2)CC1. The van der Waals surface area contributed by atoms with Gasteiger partial charge in [-0.1, -0.05) is 29.8 Å². The van der Waals surface area contributed by atoms with Crippen molar-refractivity contribution >= 4 is 29.0 Å². The Morgan fingerprint density at radius 3 is 2.60 bits per heavy atom. The van der Waals surface area contributed by atoms with Crippen LogP contribution in [0.5, 0.6) is 0 Å². The maximum atomic E-state index is 12.1. The van der Waals surface area contributed by atoms with Crippen LogP contribution in [0.2, 0.25) is 5.02 Å². The molecule has 1 saturated heterocycles. The third-order valence-corrected chi connectivity index (χ3v) is 4.81. The van der Waals surface area contributed by atoms with Crippen LogP contribution in [0.25, 0.3) is 0 Å². The second kappa shape index (κ2) is 8.32. The van der Waals surface area contributed by atoms with Gasteiger partial charge in [-0.25, -0.2) is 4.98 Å². The van der Waals surface area contributed by atoms with Crippen LogP contribution in [0.4, 0.5) is 11.5 Å². The fraction of sp³-hybridized carbons (Fsp3) is 0.368. The molecular formula is C19H23ClN4O. The van der Waals surface area contributed by atoms with Gasteiger partial charge in [0.15, 0.2) is 0 Å². The molecular weight excluding hydrogens is 336 g/mol. The number of nitrogens with zero attached hydrogens (tertiary/aromatic N) is 3. The van der Waals surface area contributed by atoms with Gasteiger partial charge in [-0.3, -0.25) is 4.79 Å². The Balaban J connectivity index is 1.51. The fourth-order valence-electron chi connectivity index (χ4n) is 2.86. The third kappa shape index (κ3) is 4.94. The zero-order chi connectivity index (χ0) is 17.6. The molecule has 0 spiro atoms. The van der Waals surface area contributed by atoms with Gasteiger partial charge in [0.1, 0.15) is 5.82 Å². The van der Waals surface area contributed by atoms with Crippen molar-refractivity contribution in [1.29, 1.82) is 0 Å². The van der Waals surface area contributed by atoms with E-state index < -0.39 is 0 Å². The van der Waals surface area contributed by atoms with E-state index in [1.165, 1.54) is 0 Å². The van der Waals surface area contributed by atoms with Gasteiger partial charge in [0.2, 0.25) is 5.91 Å². The average molecular weight is 359 g/mol. The van der Waals surface area contributed by atoms with Crippen molar-refractivity contribution in [1.82, 2.24) is 9.88 Å². The van der Waals surface area contributed by atoms with Gasteiger partial charge in [-0.2, -0.15) is 0 Å². The topological polar surface area (TPSA) is 48.5 Å². The van der Waals surface area contributed by atoms with E-state index in [1.54, 1.807) is 6.20 Å². The maximum Gasteiger partial charge on any atom is 0.224 e. The smallest absolute Gasteiger partial charge is 0.224 e. The molecule has 1 aliphatic rings. The van der Waals surface area contributed by atoms with E-state index in [1.807, 2.05) is 36.4 Å². The number of hydrogen-bond donors (Lipinski definition) is 1. The number of rotatable bonds is 5. The predicted octanol–water partition coefficient (Wildman–Crippen LogP) is 3.06. The molecule has 1 aliphatic heterocycles. The van der Waals surface area contributed by atoms with E-state index in [0.717, 1.165) is 43.2 Å². The zero-order valence-corrected chi connectivity index (χ0v) is 15.2. The number of nitrogens with one attached hydrogen (secondary N) is 1. The van der Waals surface area contributed by atoms with E-state index in [9.17, 15) is 4.79 Å². The minimum Gasteiger partial charge on any atom is -0.354 e. The molecule has 0 radical (unpaired) electrons. The minimum absolute atomic E-state index is 0.0333. The maximum absolute atomic E-state index is 12.1. The lowest BCUT2D eigenvalue weighted by Crippen LogP contribution is -2.44. The normalized spacial score (nSPS) is 15.2. The van der Waals surface area contributed by atoms with E-state index in [4.69, 9.17) is 11.6 Å². The lowest BCUT2D eigenvalue weighted by Gasteiger charge is -2.33. The van der Waals surface area contributed by atoms with Crippen molar-refractivity contribution in [2.24, 2.45) is 0 Å². The molecule has 0 unspecified atom stereocenters. The Labute approximate surface area is 153 Å². The summed E-state index contributed by atoms with van der Waals surface area (Å²) in [6.07, 6.45) is 2.74. The quantitative estimate of drug-likeness (QED) is 0.892. The summed E-state index contributed by atoms with van der Waals surface area (Å²) in [7, 11) is 2.13. The lowest BCUT2D eigenvalue weighted by atomic mass is 10.1. The van der Waals surface area contributed by atoms with Gasteiger partial charge in [0.05, 0.1) is 11.9 Å². The van der Waals surface area contributed by atoms with Gasteiger partial charge < -0.3 is 15.1 Å². The standard InChI is InChI=1S/C19H23ClN4O/c1-23-10-12-24(13-11-23)18-8-7-16(14-21-18)22-19(25)9-6-15-4-2-3-5-17(15)20/h2-5,7-8,14H,6,9-13H2,1H3,(H,22,25). The van der Waals surface area contributed by atoms with Crippen LogP contribution in [-0.2, 0) is 11.2 Å². The molecule has 3 rings (SSSR count). The molecule has 1 amide bonds. The largest absolute Gasteiger partial charge is 0.354 e. The molecule has 2 heterocycles. The number of hydrogen-bond acceptors (Lipinski definition) is 4. The predicted molar refractivity (Wildman–Crippen MR) is 102 cm³/mol. The lowest BCUT2D eigenvalue weighted by molar-refractivity contribution is -0.116. The Hall–Kier alpha value is -2.11. The summed E-state index contributed by atoms with van der Waals surface area (Å²) < 4.78 is 0. The van der Waals surface area contributed by atoms with Crippen LogP contribution >= 0.6 is 11.6 Å². The number of carbonyl (C=O) groups is 1. The van der Waals surface area contributed by atoms with Crippen molar-refractivity contribution in [3.05, 3.63) is 53.2 Å². The number of piperazine rings is 1. The number of halogens is 1. The molecule has 0 saturated carbocycles. The first-order valence-electron chi connectivity index (χ1n) is 8.54. The Morgan fingerprint density at radius 1 is 1.16 bits per heavy atom. The highest BCUT2D eigenvalue weighted by Gasteiger charge is 2.15. The number of aryl methyl sites for hydroxylation is 1. The fourth-order valence-corrected chi connectivity index (χ4v) is 3.09. The van der Waals surface area contributed by atoms with E-state index in [0.29, 0.717) is 17.9 Å². The van der Waals surface area contributed by atoms with Gasteiger partial charge in [-0.15, -0.1) is 0 Å². The first-order chi connectivity index (χ1) is 12.1. The molecule has 25 heavy (non-hydrogen) atoms. The Bertz CT molecular complexity index is 712. The van der Waals surface area contributed by atoms with Crippen LogP contribution in [0.15, 0.2) is 42.6 Å². The number of amides is 1. The first-order valence-corrected chi connectivity index (χ1v) is 8.92. The highest BCUT2D eigenvalue weighted by atomic mass is 35.5. The number of aromatic nitrogens is 1. The number of benzene rings is 1. The number of anilines is 2. The Morgan fingerprint density at radius 2 is 1.92 bits per heavy atom. The second-order valence-corrected chi connectivity index (χ2v) is 6.74. The summed E-state index contributed by atoms with van der Waals surface area (Å²) in [5, 5.41) is 3.60. The summed E-state index contributed by atoms with van der Waals surface area (Å²) in [5.74, 6) is 0.927. The summed E-state index contributed by atoms with van der Waals surface area (Å²) in [5.41, 5.74) is 1.71. The number of carbonyl (C=O) groups excluding carboxylic acids is 1. The van der Waals surface area contributed by atoms with Crippen LogP contribution < -0.4 is 10.2 Å². The van der Waals surface area contributed by atoms with Crippen LogP contribution in [0, 0.1) is 0 Å². The summed E-state index contributed by atoms with van der Waals surface area (Å²) in [6.45, 7) is 4.05. The van der Waals surface area contributed by atoms with Gasteiger partial charge in [0.25, 0.3) is 0 Å². The van der Waals surface area contributed by atoms with E-state index in [-0.39, 0.29) is 5.91 Å².